The van der Waals surface area contributed by atoms with Crippen molar-refractivity contribution in [2.24, 2.45) is 0 Å². The van der Waals surface area contributed by atoms with Crippen LogP contribution in [0, 0.1) is 0 Å². The zero-order chi connectivity index (χ0) is 11.0. The molecular formula is C11H11FO3. The second kappa shape index (κ2) is 3.53. The van der Waals surface area contributed by atoms with Crippen LogP contribution in [0.5, 0.6) is 11.5 Å². The lowest BCUT2D eigenvalue weighted by Crippen LogP contribution is -1.98. The molecule has 0 aliphatic carbocycles. The quantitative estimate of drug-likeness (QED) is 0.704. The molecule has 0 spiro atoms. The molecule has 0 saturated heterocycles. The zero-order valence-electron chi connectivity index (χ0n) is 8.54. The predicted molar refractivity (Wildman–Crippen MR) is 52.1 cm³/mol. The van der Waals surface area contributed by atoms with Crippen LogP contribution in [0.4, 0.5) is 4.39 Å². The number of rotatable bonds is 2. The lowest BCUT2D eigenvalue weighted by atomic mass is 10.0. The average molecular weight is 210 g/mol. The summed E-state index contributed by atoms with van der Waals surface area (Å²) in [6.45, 7) is 2.92. The van der Waals surface area contributed by atoms with Crippen LogP contribution in [0.15, 0.2) is 12.1 Å². The molecule has 1 heterocycles. The van der Waals surface area contributed by atoms with Crippen LogP contribution in [0.2, 0.25) is 0 Å². The molecule has 1 aromatic rings. The summed E-state index contributed by atoms with van der Waals surface area (Å²) in [6, 6.07) is 3.08. The van der Waals surface area contributed by atoms with Crippen LogP contribution < -0.4 is 9.47 Å². The number of hydrogen-bond donors (Lipinski definition) is 0. The minimum atomic E-state index is -1.13. The van der Waals surface area contributed by atoms with Crippen molar-refractivity contribution in [2.45, 2.75) is 20.0 Å². The van der Waals surface area contributed by atoms with Gasteiger partial charge in [0, 0.05) is 0 Å². The van der Waals surface area contributed by atoms with Gasteiger partial charge in [0.1, 0.15) is 6.17 Å². The molecule has 1 aromatic carbocycles. The van der Waals surface area contributed by atoms with Gasteiger partial charge in [-0.25, -0.2) is 4.39 Å². The van der Waals surface area contributed by atoms with Gasteiger partial charge in [-0.2, -0.15) is 0 Å². The predicted octanol–water partition coefficient (Wildman–Crippen LogP) is 2.65. The molecule has 1 aliphatic heterocycles. The molecule has 80 valence electrons. The first-order valence-corrected chi connectivity index (χ1v) is 4.68. The van der Waals surface area contributed by atoms with Crippen LogP contribution in [0.25, 0.3) is 0 Å². The Kier molecular flexibility index (Phi) is 2.34. The van der Waals surface area contributed by atoms with Gasteiger partial charge in [0.25, 0.3) is 0 Å². The first kappa shape index (κ1) is 9.96. The number of benzene rings is 1. The minimum Gasteiger partial charge on any atom is -0.454 e. The Bertz CT molecular complexity index is 413. The third kappa shape index (κ3) is 1.67. The highest BCUT2D eigenvalue weighted by molar-refractivity contribution is 5.98. The maximum Gasteiger partial charge on any atom is 0.231 e. The number of ether oxygens (including phenoxy) is 2. The Morgan fingerprint density at radius 2 is 2.20 bits per heavy atom. The van der Waals surface area contributed by atoms with Gasteiger partial charge >= 0.3 is 0 Å². The van der Waals surface area contributed by atoms with Gasteiger partial charge in [-0.05, 0) is 31.5 Å². The summed E-state index contributed by atoms with van der Waals surface area (Å²) in [5.41, 5.74) is 0.814. The summed E-state index contributed by atoms with van der Waals surface area (Å²) in [5.74, 6) is 0.716. The second-order valence-corrected chi connectivity index (χ2v) is 3.47. The van der Waals surface area contributed by atoms with Crippen LogP contribution in [-0.2, 0) is 0 Å². The fourth-order valence-electron chi connectivity index (χ4n) is 1.52. The fourth-order valence-corrected chi connectivity index (χ4v) is 1.52. The van der Waals surface area contributed by atoms with Crippen molar-refractivity contribution in [2.75, 3.05) is 6.79 Å². The Balaban J connectivity index is 2.57. The van der Waals surface area contributed by atoms with E-state index in [0.29, 0.717) is 22.6 Å². The van der Waals surface area contributed by atoms with Crippen molar-refractivity contribution in [1.82, 2.24) is 0 Å². The number of Topliss-reactive ketones (excluding diaryl/α,β-unsaturated/α-hetero) is 1. The Hall–Kier alpha value is -1.58. The lowest BCUT2D eigenvalue weighted by Gasteiger charge is -2.07. The standard InChI is InChI=1S/C11H11FO3/c1-6(12)8-3-9(7(2)13)11-10(4-8)14-5-15-11/h3-4,6H,5H2,1-2H3. The maximum atomic E-state index is 13.1. The van der Waals surface area contributed by atoms with Crippen LogP contribution in [0.3, 0.4) is 0 Å². The van der Waals surface area contributed by atoms with Crippen molar-refractivity contribution in [3.8, 4) is 11.5 Å². The van der Waals surface area contributed by atoms with Crippen molar-refractivity contribution in [3.63, 3.8) is 0 Å². The van der Waals surface area contributed by atoms with E-state index in [1.54, 1.807) is 6.07 Å². The molecule has 2 rings (SSSR count). The van der Waals surface area contributed by atoms with Crippen LogP contribution in [-0.4, -0.2) is 12.6 Å². The third-order valence-corrected chi connectivity index (χ3v) is 2.33. The summed E-state index contributed by atoms with van der Waals surface area (Å²) in [7, 11) is 0. The minimum absolute atomic E-state index is 0.0831. The first-order chi connectivity index (χ1) is 7.09. The molecule has 0 bridgehead atoms. The molecule has 1 atom stereocenters. The van der Waals surface area contributed by atoms with E-state index in [1.807, 2.05) is 0 Å². The van der Waals surface area contributed by atoms with Crippen LogP contribution in [0.1, 0.15) is 35.9 Å². The molecule has 0 aromatic heterocycles. The van der Waals surface area contributed by atoms with E-state index < -0.39 is 6.17 Å². The average Bonchev–Trinajstić information content (AvgIpc) is 2.62. The van der Waals surface area contributed by atoms with Gasteiger partial charge in [0.2, 0.25) is 6.79 Å². The second-order valence-electron chi connectivity index (χ2n) is 3.47. The highest BCUT2D eigenvalue weighted by Crippen LogP contribution is 2.38. The summed E-state index contributed by atoms with van der Waals surface area (Å²) in [5, 5.41) is 0. The highest BCUT2D eigenvalue weighted by Gasteiger charge is 2.22. The summed E-state index contributed by atoms with van der Waals surface area (Å²) >= 11 is 0. The molecule has 0 N–H and O–H groups in total. The SMILES string of the molecule is CC(=O)c1cc(C(C)F)cc2c1OCO2. The van der Waals surface area contributed by atoms with E-state index in [0.717, 1.165) is 0 Å². The molecule has 1 aliphatic rings. The summed E-state index contributed by atoms with van der Waals surface area (Å²) < 4.78 is 23.4. The lowest BCUT2D eigenvalue weighted by molar-refractivity contribution is 0.101. The van der Waals surface area contributed by atoms with Gasteiger partial charge in [0.15, 0.2) is 17.3 Å². The molecule has 3 nitrogen and oxygen atoms in total. The number of hydrogen-bond acceptors (Lipinski definition) is 3. The molecule has 0 fully saturated rings. The Morgan fingerprint density at radius 1 is 1.47 bits per heavy atom. The molecular weight excluding hydrogens is 199 g/mol. The third-order valence-electron chi connectivity index (χ3n) is 2.33. The van der Waals surface area contributed by atoms with Gasteiger partial charge in [0.05, 0.1) is 5.56 Å². The normalized spacial score (nSPS) is 15.1. The topological polar surface area (TPSA) is 35.5 Å². The number of fused-ring (bicyclic) bond motifs is 1. The monoisotopic (exact) mass is 210 g/mol. The van der Waals surface area contributed by atoms with Crippen LogP contribution >= 0.6 is 0 Å². The molecule has 0 saturated carbocycles. The molecule has 4 heteroatoms. The molecule has 1 unspecified atom stereocenters. The number of ketones is 1. The van der Waals surface area contributed by atoms with Crippen molar-refractivity contribution >= 4 is 5.78 Å². The Morgan fingerprint density at radius 3 is 2.80 bits per heavy atom. The van der Waals surface area contributed by atoms with E-state index in [9.17, 15) is 9.18 Å². The zero-order valence-corrected chi connectivity index (χ0v) is 8.54. The molecule has 0 radical (unpaired) electrons. The van der Waals surface area contributed by atoms with Crippen molar-refractivity contribution < 1.29 is 18.7 Å². The largest absolute Gasteiger partial charge is 0.454 e. The van der Waals surface area contributed by atoms with Gasteiger partial charge in [-0.15, -0.1) is 0 Å². The van der Waals surface area contributed by atoms with E-state index >= 15 is 0 Å². The van der Waals surface area contributed by atoms with Gasteiger partial charge in [-0.3, -0.25) is 4.79 Å². The number of carbonyl (C=O) groups excluding carboxylic acids is 1. The van der Waals surface area contributed by atoms with Crippen molar-refractivity contribution in [1.29, 1.82) is 0 Å². The fraction of sp³-hybridized carbons (Fsp3) is 0.364. The van der Waals surface area contributed by atoms with E-state index in [2.05, 4.69) is 0 Å². The van der Waals surface area contributed by atoms with E-state index in [4.69, 9.17) is 9.47 Å². The number of halogens is 1. The maximum absolute atomic E-state index is 13.1. The number of alkyl halides is 1. The summed E-state index contributed by atoms with van der Waals surface area (Å²) in [6.07, 6.45) is -1.13. The highest BCUT2D eigenvalue weighted by atomic mass is 19.1. The van der Waals surface area contributed by atoms with E-state index in [-0.39, 0.29) is 12.6 Å². The first-order valence-electron chi connectivity index (χ1n) is 4.68. The summed E-state index contributed by atoms with van der Waals surface area (Å²) in [4.78, 5) is 11.3. The Labute approximate surface area is 86.8 Å². The number of carbonyl (C=O) groups is 1. The smallest absolute Gasteiger partial charge is 0.231 e. The van der Waals surface area contributed by atoms with Crippen molar-refractivity contribution in [3.05, 3.63) is 23.3 Å². The van der Waals surface area contributed by atoms with Gasteiger partial charge < -0.3 is 9.47 Å². The molecule has 0 amide bonds. The molecule has 15 heavy (non-hydrogen) atoms. The van der Waals surface area contributed by atoms with Gasteiger partial charge in [-0.1, -0.05) is 0 Å². The van der Waals surface area contributed by atoms with E-state index in [1.165, 1.54) is 19.9 Å².